The van der Waals surface area contributed by atoms with E-state index >= 15 is 0 Å². The van der Waals surface area contributed by atoms with Gasteiger partial charge in [0.15, 0.2) is 0 Å². The molecule has 0 radical (unpaired) electrons. The Hall–Kier alpha value is -3.21. The number of Topliss-reactive ketones (excluding diaryl/α,β-unsaturated/α-hetero) is 1. The van der Waals surface area contributed by atoms with Gasteiger partial charge in [-0.3, -0.25) is 4.79 Å². The Labute approximate surface area is 164 Å². The molecule has 0 amide bonds. The lowest BCUT2D eigenvalue weighted by Crippen LogP contribution is -2.28. The van der Waals surface area contributed by atoms with E-state index in [1.165, 1.54) is 0 Å². The van der Waals surface area contributed by atoms with Gasteiger partial charge in [-0.25, -0.2) is 0 Å². The molecule has 0 heterocycles. The molecular weight excluding hydrogens is 354 g/mol. The number of allylic oxidation sites excluding steroid dienone is 2. The van der Waals surface area contributed by atoms with E-state index in [0.717, 1.165) is 16.5 Å². The third kappa shape index (κ3) is 3.13. The summed E-state index contributed by atoms with van der Waals surface area (Å²) in [5, 5.41) is 12.3. The average molecular weight is 379 g/mol. The summed E-state index contributed by atoms with van der Waals surface area (Å²) in [6.07, 6.45) is 0. The number of aliphatic hydroxyl groups is 1. The topological polar surface area (TPSA) is 59.0 Å². The van der Waals surface area contributed by atoms with Gasteiger partial charge in [-0.2, -0.15) is 0 Å². The van der Waals surface area contributed by atoms with Crippen LogP contribution in [0.3, 0.4) is 0 Å². The SMILES string of the molecule is COc1cc(N(C)C)ccc1C1=C(O)/C(=c2\ccc(=C(C)C)cc2OC)C1=O. The van der Waals surface area contributed by atoms with Crippen molar-refractivity contribution in [3.63, 3.8) is 0 Å². The fourth-order valence-electron chi connectivity index (χ4n) is 3.28. The van der Waals surface area contributed by atoms with Gasteiger partial charge in [0, 0.05) is 36.6 Å². The highest BCUT2D eigenvalue weighted by Gasteiger charge is 2.37. The molecule has 1 aliphatic rings. The zero-order valence-electron chi connectivity index (χ0n) is 17.1. The van der Waals surface area contributed by atoms with E-state index < -0.39 is 0 Å². The maximum atomic E-state index is 13.0. The molecule has 0 bridgehead atoms. The van der Waals surface area contributed by atoms with Crippen LogP contribution in [0, 0.1) is 0 Å². The minimum Gasteiger partial charge on any atom is -0.506 e. The van der Waals surface area contributed by atoms with Gasteiger partial charge in [0.05, 0.1) is 25.4 Å². The van der Waals surface area contributed by atoms with Crippen LogP contribution < -0.4 is 24.8 Å². The molecule has 0 aliphatic heterocycles. The van der Waals surface area contributed by atoms with Gasteiger partial charge in [-0.1, -0.05) is 11.6 Å². The number of hydrogen-bond acceptors (Lipinski definition) is 5. The highest BCUT2D eigenvalue weighted by Crippen LogP contribution is 2.41. The molecule has 1 aliphatic carbocycles. The van der Waals surface area contributed by atoms with Crippen molar-refractivity contribution in [2.75, 3.05) is 33.2 Å². The number of carbonyl (C=O) groups is 1. The molecule has 0 fully saturated rings. The summed E-state index contributed by atoms with van der Waals surface area (Å²) in [6, 6.07) is 11.1. The number of anilines is 1. The third-order valence-corrected chi connectivity index (χ3v) is 4.95. The molecule has 0 saturated heterocycles. The van der Waals surface area contributed by atoms with Crippen molar-refractivity contribution in [3.8, 4) is 11.5 Å². The van der Waals surface area contributed by atoms with Crippen LogP contribution in [0.4, 0.5) is 5.69 Å². The zero-order valence-corrected chi connectivity index (χ0v) is 17.1. The predicted octanol–water partition coefficient (Wildman–Crippen LogP) is 2.66. The van der Waals surface area contributed by atoms with Crippen molar-refractivity contribution in [3.05, 3.63) is 58.2 Å². The van der Waals surface area contributed by atoms with Crippen molar-refractivity contribution in [1.82, 2.24) is 0 Å². The smallest absolute Gasteiger partial charge is 0.202 e. The van der Waals surface area contributed by atoms with Gasteiger partial charge in [0.2, 0.25) is 5.78 Å². The highest BCUT2D eigenvalue weighted by molar-refractivity contribution is 6.52. The standard InChI is InChI=1S/C23H25NO4/c1-13(2)14-7-9-16(18(11-14)27-5)20-22(25)21(23(20)26)17-10-8-15(24(3)4)12-19(17)28-6/h7-12,25H,1-6H3/b20-16-. The molecule has 0 unspecified atom stereocenters. The van der Waals surface area contributed by atoms with Crippen LogP contribution in [0.25, 0.3) is 16.7 Å². The second kappa shape index (κ2) is 7.43. The van der Waals surface area contributed by atoms with E-state index in [0.29, 0.717) is 22.3 Å². The van der Waals surface area contributed by atoms with E-state index in [4.69, 9.17) is 9.47 Å². The molecule has 0 spiro atoms. The fraction of sp³-hybridized carbons (Fsp3) is 0.261. The normalized spacial score (nSPS) is 15.3. The van der Waals surface area contributed by atoms with Crippen molar-refractivity contribution in [2.24, 2.45) is 0 Å². The third-order valence-electron chi connectivity index (χ3n) is 4.95. The second-order valence-corrected chi connectivity index (χ2v) is 7.12. The number of methoxy groups -OCH3 is 2. The van der Waals surface area contributed by atoms with Crippen LogP contribution in [0.1, 0.15) is 19.4 Å². The van der Waals surface area contributed by atoms with Gasteiger partial charge < -0.3 is 19.5 Å². The Morgan fingerprint density at radius 1 is 0.929 bits per heavy atom. The lowest BCUT2D eigenvalue weighted by atomic mass is 9.81. The number of rotatable bonds is 4. The predicted molar refractivity (Wildman–Crippen MR) is 112 cm³/mol. The fourth-order valence-corrected chi connectivity index (χ4v) is 3.28. The molecule has 2 aromatic rings. The Balaban J connectivity index is 2.21. The summed E-state index contributed by atoms with van der Waals surface area (Å²) in [4.78, 5) is 14.9. The Bertz CT molecular complexity index is 1110. The first kappa shape index (κ1) is 19.5. The lowest BCUT2D eigenvalue weighted by Gasteiger charge is -2.24. The van der Waals surface area contributed by atoms with Crippen molar-refractivity contribution in [1.29, 1.82) is 0 Å². The monoisotopic (exact) mass is 379 g/mol. The summed E-state index contributed by atoms with van der Waals surface area (Å²) < 4.78 is 10.9. The molecular formula is C23H25NO4. The van der Waals surface area contributed by atoms with Crippen LogP contribution in [-0.4, -0.2) is 39.2 Å². The summed E-state index contributed by atoms with van der Waals surface area (Å²) >= 11 is 0. The van der Waals surface area contributed by atoms with E-state index in [2.05, 4.69) is 0 Å². The average Bonchev–Trinajstić information content (AvgIpc) is 2.68. The molecule has 5 nitrogen and oxygen atoms in total. The first-order chi connectivity index (χ1) is 13.3. The van der Waals surface area contributed by atoms with Crippen LogP contribution in [0.2, 0.25) is 0 Å². The Morgan fingerprint density at radius 2 is 1.61 bits per heavy atom. The first-order valence-electron chi connectivity index (χ1n) is 9.00. The summed E-state index contributed by atoms with van der Waals surface area (Å²) in [7, 11) is 6.96. The molecule has 2 aromatic carbocycles. The van der Waals surface area contributed by atoms with Crippen molar-refractivity contribution in [2.45, 2.75) is 13.8 Å². The number of hydrogen-bond donors (Lipinski definition) is 1. The molecule has 0 atom stereocenters. The molecule has 0 aromatic heterocycles. The number of aliphatic hydroxyl groups excluding tert-OH is 1. The number of ether oxygens (including phenoxy) is 2. The van der Waals surface area contributed by atoms with Gasteiger partial charge >= 0.3 is 0 Å². The molecule has 0 saturated carbocycles. The number of nitrogens with zero attached hydrogens (tertiary/aromatic N) is 1. The van der Waals surface area contributed by atoms with Crippen LogP contribution in [-0.2, 0) is 4.79 Å². The van der Waals surface area contributed by atoms with Crippen LogP contribution >= 0.6 is 0 Å². The second-order valence-electron chi connectivity index (χ2n) is 7.12. The quantitative estimate of drug-likeness (QED) is 0.885. The molecule has 3 rings (SSSR count). The van der Waals surface area contributed by atoms with Gasteiger partial charge in [0.25, 0.3) is 0 Å². The number of benzene rings is 2. The minimum atomic E-state index is -0.225. The minimum absolute atomic E-state index is 0.0378. The maximum absolute atomic E-state index is 13.0. The van der Waals surface area contributed by atoms with Crippen LogP contribution in [0.15, 0.2) is 42.2 Å². The summed E-state index contributed by atoms with van der Waals surface area (Å²) in [5.41, 5.74) is 3.20. The Morgan fingerprint density at radius 3 is 2.14 bits per heavy atom. The summed E-state index contributed by atoms with van der Waals surface area (Å²) in [6.45, 7) is 4.02. The van der Waals surface area contributed by atoms with Crippen LogP contribution in [0.5, 0.6) is 11.5 Å². The Kier molecular flexibility index (Phi) is 5.18. The van der Waals surface area contributed by atoms with E-state index in [9.17, 15) is 9.90 Å². The number of carbonyl (C=O) groups excluding carboxylic acids is 1. The lowest BCUT2D eigenvalue weighted by molar-refractivity contribution is -0.109. The van der Waals surface area contributed by atoms with E-state index in [1.807, 2.05) is 63.2 Å². The van der Waals surface area contributed by atoms with Gasteiger partial charge in [-0.15, -0.1) is 0 Å². The molecule has 146 valence electrons. The number of ketones is 1. The summed E-state index contributed by atoms with van der Waals surface area (Å²) in [5.74, 6) is 0.835. The zero-order chi connectivity index (χ0) is 20.6. The molecule has 5 heteroatoms. The van der Waals surface area contributed by atoms with Gasteiger partial charge in [-0.05, 0) is 43.3 Å². The highest BCUT2D eigenvalue weighted by atomic mass is 16.5. The molecule has 28 heavy (non-hydrogen) atoms. The molecule has 1 N–H and O–H groups in total. The first-order valence-corrected chi connectivity index (χ1v) is 9.00. The van der Waals surface area contributed by atoms with Crippen molar-refractivity contribution < 1.29 is 19.4 Å². The van der Waals surface area contributed by atoms with Crippen molar-refractivity contribution >= 4 is 28.2 Å². The largest absolute Gasteiger partial charge is 0.506 e. The van der Waals surface area contributed by atoms with E-state index in [-0.39, 0.29) is 22.7 Å². The maximum Gasteiger partial charge on any atom is 0.202 e. The van der Waals surface area contributed by atoms with E-state index in [1.54, 1.807) is 20.3 Å². The van der Waals surface area contributed by atoms with Gasteiger partial charge in [0.1, 0.15) is 17.3 Å².